The molecule has 5 heteroatoms. The van der Waals surface area contributed by atoms with Crippen molar-refractivity contribution < 1.29 is 0 Å². The minimum Gasteiger partial charge on any atom is -0.361 e. The van der Waals surface area contributed by atoms with E-state index < -0.39 is 0 Å². The van der Waals surface area contributed by atoms with Gasteiger partial charge in [-0.05, 0) is 31.2 Å². The van der Waals surface area contributed by atoms with Gasteiger partial charge in [0.15, 0.2) is 5.82 Å². The molecule has 90 valence electrons. The largest absolute Gasteiger partial charge is 0.361 e. The fourth-order valence-corrected chi connectivity index (χ4v) is 2.43. The van der Waals surface area contributed by atoms with Crippen LogP contribution in [0.4, 0.5) is 5.13 Å². The van der Waals surface area contributed by atoms with Crippen molar-refractivity contribution in [2.45, 2.75) is 6.92 Å². The van der Waals surface area contributed by atoms with Crippen molar-refractivity contribution in [1.82, 2.24) is 14.3 Å². The van der Waals surface area contributed by atoms with Crippen molar-refractivity contribution in [1.29, 1.82) is 0 Å². The molecule has 2 aromatic heterocycles. The molecule has 1 aromatic carbocycles. The van der Waals surface area contributed by atoms with Crippen LogP contribution in [0.15, 0.2) is 36.5 Å². The lowest BCUT2D eigenvalue weighted by molar-refractivity contribution is 1.19. The molecular weight excluding hydrogens is 244 g/mol. The highest BCUT2D eigenvalue weighted by atomic mass is 32.1. The first kappa shape index (κ1) is 11.1. The summed E-state index contributed by atoms with van der Waals surface area (Å²) in [6, 6.07) is 10.1. The molecular formula is C13H12N4S. The van der Waals surface area contributed by atoms with Gasteiger partial charge in [0.05, 0.1) is 5.52 Å². The van der Waals surface area contributed by atoms with E-state index in [0.717, 1.165) is 34.0 Å². The predicted molar refractivity (Wildman–Crippen MR) is 74.8 cm³/mol. The summed E-state index contributed by atoms with van der Waals surface area (Å²) in [5.41, 5.74) is 2.01. The van der Waals surface area contributed by atoms with Gasteiger partial charge in [0.2, 0.25) is 5.13 Å². The highest BCUT2D eigenvalue weighted by Gasteiger charge is 2.06. The number of rotatable bonds is 3. The molecule has 0 saturated carbocycles. The normalized spacial score (nSPS) is 10.7. The average Bonchev–Trinajstić information content (AvgIpc) is 2.87. The van der Waals surface area contributed by atoms with Gasteiger partial charge in [-0.1, -0.05) is 6.07 Å². The van der Waals surface area contributed by atoms with Crippen molar-refractivity contribution in [2.75, 3.05) is 11.9 Å². The van der Waals surface area contributed by atoms with Crippen molar-refractivity contribution in [3.8, 4) is 11.4 Å². The summed E-state index contributed by atoms with van der Waals surface area (Å²) in [4.78, 5) is 8.75. The Morgan fingerprint density at radius 1 is 1.28 bits per heavy atom. The third kappa shape index (κ3) is 2.04. The number of aromatic nitrogens is 3. The number of hydrogen-bond acceptors (Lipinski definition) is 5. The Morgan fingerprint density at radius 2 is 2.22 bits per heavy atom. The van der Waals surface area contributed by atoms with Gasteiger partial charge in [-0.2, -0.15) is 9.36 Å². The maximum Gasteiger partial charge on any atom is 0.202 e. The highest BCUT2D eigenvalue weighted by molar-refractivity contribution is 7.09. The van der Waals surface area contributed by atoms with Crippen LogP contribution in [0.2, 0.25) is 0 Å². The average molecular weight is 256 g/mol. The minimum absolute atomic E-state index is 0.765. The Kier molecular flexibility index (Phi) is 2.90. The van der Waals surface area contributed by atoms with Crippen LogP contribution >= 0.6 is 11.5 Å². The molecule has 0 aliphatic carbocycles. The first-order valence-electron chi connectivity index (χ1n) is 5.79. The Hall–Kier alpha value is -2.01. The summed E-state index contributed by atoms with van der Waals surface area (Å²) >= 11 is 1.39. The molecule has 0 bridgehead atoms. The number of anilines is 1. The van der Waals surface area contributed by atoms with Gasteiger partial charge in [0.25, 0.3) is 0 Å². The first-order chi connectivity index (χ1) is 8.86. The lowest BCUT2D eigenvalue weighted by atomic mass is 10.1. The van der Waals surface area contributed by atoms with E-state index in [1.54, 1.807) is 6.20 Å². The summed E-state index contributed by atoms with van der Waals surface area (Å²) in [5.74, 6) is 0.765. The Labute approximate surface area is 109 Å². The molecule has 0 aliphatic heterocycles. The van der Waals surface area contributed by atoms with E-state index in [-0.39, 0.29) is 0 Å². The monoisotopic (exact) mass is 256 g/mol. The molecule has 3 rings (SSSR count). The Morgan fingerprint density at radius 3 is 3.11 bits per heavy atom. The van der Waals surface area contributed by atoms with E-state index in [4.69, 9.17) is 0 Å². The second kappa shape index (κ2) is 4.70. The molecule has 0 spiro atoms. The lowest BCUT2D eigenvalue weighted by Gasteiger charge is -1.99. The van der Waals surface area contributed by atoms with E-state index in [9.17, 15) is 0 Å². The molecule has 0 radical (unpaired) electrons. The SMILES string of the molecule is CCNc1nc(-c2ccc3ncccc3c2)ns1. The molecule has 0 unspecified atom stereocenters. The zero-order valence-corrected chi connectivity index (χ0v) is 10.7. The lowest BCUT2D eigenvalue weighted by Crippen LogP contribution is -1.94. The van der Waals surface area contributed by atoms with Crippen LogP contribution in [0.1, 0.15) is 6.92 Å². The standard InChI is InChI=1S/C13H12N4S/c1-2-14-13-16-12(17-18-13)10-5-6-11-9(8-10)4-3-7-15-11/h3-8H,2H2,1H3,(H,14,16,17). The Bertz CT molecular complexity index is 677. The van der Waals surface area contributed by atoms with Gasteiger partial charge >= 0.3 is 0 Å². The number of hydrogen-bond donors (Lipinski definition) is 1. The summed E-state index contributed by atoms with van der Waals surface area (Å²) in [6.45, 7) is 2.90. The molecule has 18 heavy (non-hydrogen) atoms. The molecule has 2 heterocycles. The van der Waals surface area contributed by atoms with Gasteiger partial charge in [0, 0.05) is 35.2 Å². The Balaban J connectivity index is 2.02. The van der Waals surface area contributed by atoms with Crippen LogP contribution in [-0.2, 0) is 0 Å². The quantitative estimate of drug-likeness (QED) is 0.782. The van der Waals surface area contributed by atoms with Crippen molar-refractivity contribution in [2.24, 2.45) is 0 Å². The summed E-state index contributed by atoms with van der Waals surface area (Å²) in [5, 5.41) is 5.13. The van der Waals surface area contributed by atoms with Crippen LogP contribution in [0.25, 0.3) is 22.3 Å². The highest BCUT2D eigenvalue weighted by Crippen LogP contribution is 2.24. The maximum absolute atomic E-state index is 4.45. The number of nitrogens with one attached hydrogen (secondary N) is 1. The molecule has 4 nitrogen and oxygen atoms in total. The maximum atomic E-state index is 4.45. The van der Waals surface area contributed by atoms with E-state index >= 15 is 0 Å². The van der Waals surface area contributed by atoms with Crippen LogP contribution in [0.5, 0.6) is 0 Å². The zero-order chi connectivity index (χ0) is 12.4. The second-order valence-corrected chi connectivity index (χ2v) is 4.62. The first-order valence-corrected chi connectivity index (χ1v) is 6.57. The molecule has 0 amide bonds. The smallest absolute Gasteiger partial charge is 0.202 e. The fraction of sp³-hybridized carbons (Fsp3) is 0.154. The van der Waals surface area contributed by atoms with Crippen LogP contribution in [0, 0.1) is 0 Å². The van der Waals surface area contributed by atoms with Crippen LogP contribution < -0.4 is 5.32 Å². The molecule has 0 saturated heterocycles. The number of benzene rings is 1. The van der Waals surface area contributed by atoms with Crippen LogP contribution in [0.3, 0.4) is 0 Å². The molecule has 0 aliphatic rings. The van der Waals surface area contributed by atoms with Gasteiger partial charge in [-0.3, -0.25) is 4.98 Å². The van der Waals surface area contributed by atoms with E-state index in [1.807, 2.05) is 31.2 Å². The fourth-order valence-electron chi connectivity index (χ4n) is 1.78. The number of fused-ring (bicyclic) bond motifs is 1. The molecule has 1 N–H and O–H groups in total. The number of nitrogens with zero attached hydrogens (tertiary/aromatic N) is 3. The van der Waals surface area contributed by atoms with E-state index in [1.165, 1.54) is 11.5 Å². The summed E-state index contributed by atoms with van der Waals surface area (Å²) in [6.07, 6.45) is 1.80. The molecule has 3 aromatic rings. The van der Waals surface area contributed by atoms with Crippen molar-refractivity contribution in [3.05, 3.63) is 36.5 Å². The third-order valence-electron chi connectivity index (χ3n) is 2.62. The van der Waals surface area contributed by atoms with Gasteiger partial charge < -0.3 is 5.32 Å². The second-order valence-electron chi connectivity index (χ2n) is 3.86. The predicted octanol–water partition coefficient (Wildman–Crippen LogP) is 3.19. The topological polar surface area (TPSA) is 50.7 Å². The van der Waals surface area contributed by atoms with E-state index in [2.05, 4.69) is 25.7 Å². The summed E-state index contributed by atoms with van der Waals surface area (Å²) < 4.78 is 4.36. The molecule has 0 fully saturated rings. The van der Waals surface area contributed by atoms with Crippen molar-refractivity contribution in [3.63, 3.8) is 0 Å². The number of pyridine rings is 1. The van der Waals surface area contributed by atoms with Crippen LogP contribution in [-0.4, -0.2) is 20.9 Å². The van der Waals surface area contributed by atoms with Crippen molar-refractivity contribution >= 4 is 27.6 Å². The zero-order valence-electron chi connectivity index (χ0n) is 9.92. The van der Waals surface area contributed by atoms with Gasteiger partial charge in [0.1, 0.15) is 0 Å². The molecule has 0 atom stereocenters. The third-order valence-corrected chi connectivity index (χ3v) is 3.29. The minimum atomic E-state index is 0.765. The van der Waals surface area contributed by atoms with Gasteiger partial charge in [-0.15, -0.1) is 0 Å². The summed E-state index contributed by atoms with van der Waals surface area (Å²) in [7, 11) is 0. The van der Waals surface area contributed by atoms with E-state index in [0.29, 0.717) is 0 Å². The van der Waals surface area contributed by atoms with Gasteiger partial charge in [-0.25, -0.2) is 0 Å².